The van der Waals surface area contributed by atoms with E-state index in [1.807, 2.05) is 56.3 Å². The normalized spacial score (nSPS) is 11.3. The molecule has 0 radical (unpaired) electrons. The Balaban J connectivity index is 2.00. The van der Waals surface area contributed by atoms with Crippen LogP contribution in [0, 0.1) is 13.8 Å². The zero-order chi connectivity index (χ0) is 19.1. The third-order valence-electron chi connectivity index (χ3n) is 4.80. The van der Waals surface area contributed by atoms with Crippen molar-refractivity contribution in [1.29, 1.82) is 0 Å². The number of benzene rings is 2. The van der Waals surface area contributed by atoms with Crippen LogP contribution in [0.5, 0.6) is 0 Å². The van der Waals surface area contributed by atoms with E-state index >= 15 is 0 Å². The molecule has 0 saturated heterocycles. The summed E-state index contributed by atoms with van der Waals surface area (Å²) < 4.78 is 0. The zero-order valence-corrected chi connectivity index (χ0v) is 17.0. The van der Waals surface area contributed by atoms with E-state index in [9.17, 15) is 4.79 Å². The lowest BCUT2D eigenvalue weighted by Crippen LogP contribution is -2.09. The molecule has 2 aromatic carbocycles. The summed E-state index contributed by atoms with van der Waals surface area (Å²) in [6.45, 7) is 6.10. The van der Waals surface area contributed by atoms with Gasteiger partial charge in [0.2, 0.25) is 0 Å². The van der Waals surface area contributed by atoms with Gasteiger partial charge in [0, 0.05) is 21.0 Å². The summed E-state index contributed by atoms with van der Waals surface area (Å²) in [6, 6.07) is 13.8. The Labute approximate surface area is 166 Å². The number of halogens is 1. The van der Waals surface area contributed by atoms with Crippen molar-refractivity contribution in [1.82, 2.24) is 9.97 Å². The topological polar surface area (TPSA) is 45.8 Å². The number of fused-ring (bicyclic) bond motifs is 1. The number of aryl methyl sites for hydroxylation is 3. The van der Waals surface area contributed by atoms with E-state index in [0.29, 0.717) is 11.2 Å². The minimum absolute atomic E-state index is 0.100. The molecule has 3 nitrogen and oxygen atoms in total. The Kier molecular flexibility index (Phi) is 4.62. The number of H-pyrrole nitrogens is 1. The Morgan fingerprint density at radius 3 is 2.59 bits per heavy atom. The van der Waals surface area contributed by atoms with E-state index in [0.717, 1.165) is 49.0 Å². The van der Waals surface area contributed by atoms with Crippen LogP contribution in [-0.2, 0) is 6.42 Å². The molecule has 0 fully saturated rings. The third-order valence-corrected chi connectivity index (χ3v) is 6.45. The molecule has 2 heterocycles. The number of aromatic amines is 1. The fourth-order valence-electron chi connectivity index (χ4n) is 3.37. The first-order valence-electron chi connectivity index (χ1n) is 8.87. The second kappa shape index (κ2) is 6.95. The number of aromatic nitrogens is 2. The predicted octanol–water partition coefficient (Wildman–Crippen LogP) is 6.15. The van der Waals surface area contributed by atoms with Gasteiger partial charge in [0.1, 0.15) is 10.7 Å². The number of thiophene rings is 1. The van der Waals surface area contributed by atoms with Crippen molar-refractivity contribution >= 4 is 33.2 Å². The van der Waals surface area contributed by atoms with Crippen LogP contribution >= 0.6 is 22.9 Å². The molecule has 4 aromatic rings. The number of nitrogens with one attached hydrogen (secondary N) is 1. The largest absolute Gasteiger partial charge is 0.306 e. The average molecular weight is 395 g/mol. The van der Waals surface area contributed by atoms with Gasteiger partial charge < -0.3 is 4.98 Å². The van der Waals surface area contributed by atoms with Crippen molar-refractivity contribution < 1.29 is 0 Å². The van der Waals surface area contributed by atoms with Gasteiger partial charge in [-0.2, -0.15) is 0 Å². The maximum Gasteiger partial charge on any atom is 0.260 e. The number of rotatable bonds is 3. The highest BCUT2D eigenvalue weighted by molar-refractivity contribution is 7.19. The standard InChI is InChI=1S/C22H19ClN2OS/c1-4-17-18(14-9-10-16(23)13(3)11-14)19-21(26)24-20(25-22(19)27-17)15-8-6-5-7-12(15)2/h5-11H,4H2,1-3H3,(H,24,25,26). The Morgan fingerprint density at radius 1 is 1.11 bits per heavy atom. The molecule has 0 atom stereocenters. The van der Waals surface area contributed by atoms with Crippen molar-refractivity contribution in [3.63, 3.8) is 0 Å². The minimum atomic E-state index is -0.100. The summed E-state index contributed by atoms with van der Waals surface area (Å²) in [4.78, 5) is 22.8. The van der Waals surface area contributed by atoms with Gasteiger partial charge in [-0.3, -0.25) is 4.79 Å². The lowest BCUT2D eigenvalue weighted by Gasteiger charge is -2.07. The summed E-state index contributed by atoms with van der Waals surface area (Å²) in [6.07, 6.45) is 0.844. The number of hydrogen-bond acceptors (Lipinski definition) is 3. The fourth-order valence-corrected chi connectivity index (χ4v) is 4.63. The van der Waals surface area contributed by atoms with E-state index in [2.05, 4.69) is 11.9 Å². The molecule has 0 saturated carbocycles. The molecule has 0 aliphatic carbocycles. The Morgan fingerprint density at radius 2 is 1.89 bits per heavy atom. The summed E-state index contributed by atoms with van der Waals surface area (Å²) in [7, 11) is 0. The molecular formula is C22H19ClN2OS. The van der Waals surface area contributed by atoms with Crippen LogP contribution in [0.25, 0.3) is 32.7 Å². The van der Waals surface area contributed by atoms with Crippen molar-refractivity contribution in [2.24, 2.45) is 0 Å². The highest BCUT2D eigenvalue weighted by atomic mass is 35.5. The molecule has 27 heavy (non-hydrogen) atoms. The highest BCUT2D eigenvalue weighted by Gasteiger charge is 2.19. The van der Waals surface area contributed by atoms with Gasteiger partial charge in [-0.05, 0) is 49.1 Å². The third kappa shape index (κ3) is 3.09. The van der Waals surface area contributed by atoms with Gasteiger partial charge >= 0.3 is 0 Å². The van der Waals surface area contributed by atoms with E-state index in [4.69, 9.17) is 16.6 Å². The van der Waals surface area contributed by atoms with Crippen molar-refractivity contribution in [2.75, 3.05) is 0 Å². The zero-order valence-electron chi connectivity index (χ0n) is 15.4. The fraction of sp³-hybridized carbons (Fsp3) is 0.182. The predicted molar refractivity (Wildman–Crippen MR) is 115 cm³/mol. The first kappa shape index (κ1) is 18.0. The van der Waals surface area contributed by atoms with Crippen LogP contribution in [0.1, 0.15) is 22.9 Å². The van der Waals surface area contributed by atoms with E-state index in [1.54, 1.807) is 11.3 Å². The second-order valence-corrected chi connectivity index (χ2v) is 8.12. The molecule has 5 heteroatoms. The summed E-state index contributed by atoms with van der Waals surface area (Å²) in [5.41, 5.74) is 4.92. The van der Waals surface area contributed by atoms with E-state index < -0.39 is 0 Å². The molecule has 0 amide bonds. The molecular weight excluding hydrogens is 376 g/mol. The lowest BCUT2D eigenvalue weighted by molar-refractivity contribution is 1.17. The van der Waals surface area contributed by atoms with E-state index in [-0.39, 0.29) is 5.56 Å². The lowest BCUT2D eigenvalue weighted by atomic mass is 10.0. The van der Waals surface area contributed by atoms with Gasteiger partial charge in [0.15, 0.2) is 0 Å². The van der Waals surface area contributed by atoms with E-state index in [1.165, 1.54) is 0 Å². The van der Waals surface area contributed by atoms with Crippen LogP contribution in [-0.4, -0.2) is 9.97 Å². The van der Waals surface area contributed by atoms with Gasteiger partial charge in [0.05, 0.1) is 5.39 Å². The monoisotopic (exact) mass is 394 g/mol. The van der Waals surface area contributed by atoms with Crippen LogP contribution in [0.3, 0.4) is 0 Å². The van der Waals surface area contributed by atoms with Gasteiger partial charge in [-0.1, -0.05) is 48.9 Å². The Hall–Kier alpha value is -2.43. The van der Waals surface area contributed by atoms with Gasteiger partial charge in [-0.15, -0.1) is 11.3 Å². The maximum absolute atomic E-state index is 13.0. The van der Waals surface area contributed by atoms with Gasteiger partial charge in [-0.25, -0.2) is 4.98 Å². The number of hydrogen-bond donors (Lipinski definition) is 1. The highest BCUT2D eigenvalue weighted by Crippen LogP contribution is 2.38. The van der Waals surface area contributed by atoms with Crippen LogP contribution < -0.4 is 5.56 Å². The maximum atomic E-state index is 13.0. The Bertz CT molecular complexity index is 1220. The molecule has 2 aromatic heterocycles. The van der Waals surface area contributed by atoms with Crippen molar-refractivity contribution in [2.45, 2.75) is 27.2 Å². The molecule has 1 N–H and O–H groups in total. The minimum Gasteiger partial charge on any atom is -0.306 e. The molecule has 0 unspecified atom stereocenters. The number of nitrogens with zero attached hydrogens (tertiary/aromatic N) is 1. The smallest absolute Gasteiger partial charge is 0.260 e. The van der Waals surface area contributed by atoms with Crippen molar-refractivity contribution in [3.05, 3.63) is 73.8 Å². The van der Waals surface area contributed by atoms with Crippen LogP contribution in [0.4, 0.5) is 0 Å². The molecule has 0 aliphatic rings. The van der Waals surface area contributed by atoms with Crippen LogP contribution in [0.2, 0.25) is 5.02 Å². The molecule has 136 valence electrons. The van der Waals surface area contributed by atoms with Crippen molar-refractivity contribution in [3.8, 4) is 22.5 Å². The summed E-state index contributed by atoms with van der Waals surface area (Å²) in [5, 5.41) is 1.39. The SMILES string of the molecule is CCc1sc2nc(-c3ccccc3C)[nH]c(=O)c2c1-c1ccc(Cl)c(C)c1. The second-order valence-electron chi connectivity index (χ2n) is 6.63. The molecule has 0 aliphatic heterocycles. The first-order chi connectivity index (χ1) is 13.0. The summed E-state index contributed by atoms with van der Waals surface area (Å²) in [5.74, 6) is 0.619. The molecule has 0 bridgehead atoms. The average Bonchev–Trinajstić information content (AvgIpc) is 3.03. The molecule has 4 rings (SSSR count). The van der Waals surface area contributed by atoms with Gasteiger partial charge in [0.25, 0.3) is 5.56 Å². The van der Waals surface area contributed by atoms with Crippen LogP contribution in [0.15, 0.2) is 47.3 Å². The summed E-state index contributed by atoms with van der Waals surface area (Å²) >= 11 is 7.78. The molecule has 0 spiro atoms. The first-order valence-corrected chi connectivity index (χ1v) is 10.1. The quantitative estimate of drug-likeness (QED) is 0.452.